The lowest BCUT2D eigenvalue weighted by molar-refractivity contribution is -0.116. The molecule has 0 saturated carbocycles. The zero-order valence-electron chi connectivity index (χ0n) is 14.8. The number of ether oxygens (including phenoxy) is 1. The van der Waals surface area contributed by atoms with Crippen LogP contribution in [-0.4, -0.2) is 23.0 Å². The number of hydrogen-bond acceptors (Lipinski definition) is 5. The van der Waals surface area contributed by atoms with Crippen molar-refractivity contribution in [3.63, 3.8) is 0 Å². The number of fused-ring (bicyclic) bond motifs is 1. The predicted molar refractivity (Wildman–Crippen MR) is 115 cm³/mol. The second-order valence-corrected chi connectivity index (χ2v) is 7.44. The third-order valence-corrected chi connectivity index (χ3v) is 5.43. The molecule has 1 amide bonds. The van der Waals surface area contributed by atoms with Crippen LogP contribution in [0, 0.1) is 0 Å². The molecule has 1 N–H and O–H groups in total. The van der Waals surface area contributed by atoms with Crippen molar-refractivity contribution in [1.29, 1.82) is 0 Å². The van der Waals surface area contributed by atoms with Gasteiger partial charge in [0.25, 0.3) is 0 Å². The Hall–Kier alpha value is -2.83. The van der Waals surface area contributed by atoms with Gasteiger partial charge in [0.05, 0.1) is 12.0 Å². The number of carbonyl (C=O) groups excluding carboxylic acids is 1. The molecule has 5 nitrogen and oxygen atoms in total. The van der Waals surface area contributed by atoms with Gasteiger partial charge in [0.15, 0.2) is 5.17 Å². The molecule has 0 aromatic heterocycles. The molecule has 0 atom stereocenters. The molecule has 4 rings (SSSR count). The number of benzene rings is 3. The Balaban J connectivity index is 1.65. The minimum atomic E-state index is -0.0622. The van der Waals surface area contributed by atoms with Crippen LogP contribution in [0.2, 0.25) is 5.02 Å². The number of amidine groups is 1. The van der Waals surface area contributed by atoms with E-state index in [4.69, 9.17) is 16.3 Å². The molecular weight excluding hydrogens is 394 g/mol. The molecule has 1 aliphatic heterocycles. The lowest BCUT2D eigenvalue weighted by atomic mass is 10.0. The predicted octanol–water partition coefficient (Wildman–Crippen LogP) is 4.63. The van der Waals surface area contributed by atoms with E-state index in [0.29, 0.717) is 28.3 Å². The summed E-state index contributed by atoms with van der Waals surface area (Å²) in [4.78, 5) is 11.3. The molecule has 140 valence electrons. The normalized spacial score (nSPS) is 15.5. The molecule has 0 bridgehead atoms. The number of thioether (sulfide) groups is 1. The average molecular weight is 410 g/mol. The first-order valence-electron chi connectivity index (χ1n) is 8.62. The molecular formula is C21H16ClN3O2S. The van der Waals surface area contributed by atoms with Gasteiger partial charge in [0, 0.05) is 16.1 Å². The van der Waals surface area contributed by atoms with Crippen molar-refractivity contribution >= 4 is 51.4 Å². The first-order valence-corrected chi connectivity index (χ1v) is 9.99. The van der Waals surface area contributed by atoms with E-state index in [-0.39, 0.29) is 5.91 Å². The van der Waals surface area contributed by atoms with Crippen molar-refractivity contribution in [2.75, 3.05) is 5.75 Å². The summed E-state index contributed by atoms with van der Waals surface area (Å²) in [6, 6.07) is 19.5. The fourth-order valence-electron chi connectivity index (χ4n) is 2.82. The SMILES string of the molecule is O=C1CSC(=N/N=C\c2c(OCc3ccccc3Cl)ccc3ccccc23)N1. The van der Waals surface area contributed by atoms with Gasteiger partial charge in [-0.1, -0.05) is 71.9 Å². The highest BCUT2D eigenvalue weighted by molar-refractivity contribution is 8.15. The van der Waals surface area contributed by atoms with Gasteiger partial charge in [-0.2, -0.15) is 5.10 Å². The number of amides is 1. The van der Waals surface area contributed by atoms with E-state index in [1.54, 1.807) is 6.21 Å². The van der Waals surface area contributed by atoms with Gasteiger partial charge in [-0.05, 0) is 22.9 Å². The van der Waals surface area contributed by atoms with Crippen LogP contribution in [0.15, 0.2) is 70.9 Å². The minimum absolute atomic E-state index is 0.0622. The molecule has 0 aliphatic carbocycles. The van der Waals surface area contributed by atoms with Crippen LogP contribution in [-0.2, 0) is 11.4 Å². The Bertz CT molecular complexity index is 1100. The van der Waals surface area contributed by atoms with Gasteiger partial charge in [0.2, 0.25) is 5.91 Å². The highest BCUT2D eigenvalue weighted by atomic mass is 35.5. The standard InChI is InChI=1S/C21H16ClN3O2S/c22-18-8-4-2-6-15(18)12-27-19-10-9-14-5-1-3-7-16(14)17(19)11-23-25-21-24-20(26)13-28-21/h1-11H,12-13H2,(H,24,25,26)/b23-11-. The van der Waals surface area contributed by atoms with Crippen molar-refractivity contribution < 1.29 is 9.53 Å². The van der Waals surface area contributed by atoms with Gasteiger partial charge in [-0.3, -0.25) is 4.79 Å². The quantitative estimate of drug-likeness (QED) is 0.493. The van der Waals surface area contributed by atoms with Crippen LogP contribution in [0.3, 0.4) is 0 Å². The summed E-state index contributed by atoms with van der Waals surface area (Å²) < 4.78 is 6.05. The van der Waals surface area contributed by atoms with E-state index < -0.39 is 0 Å². The molecule has 0 spiro atoms. The number of nitrogens with one attached hydrogen (secondary N) is 1. The molecule has 7 heteroatoms. The monoisotopic (exact) mass is 409 g/mol. The van der Waals surface area contributed by atoms with E-state index >= 15 is 0 Å². The van der Waals surface area contributed by atoms with E-state index in [9.17, 15) is 4.79 Å². The van der Waals surface area contributed by atoms with Crippen molar-refractivity contribution in [3.8, 4) is 5.75 Å². The third-order valence-electron chi connectivity index (χ3n) is 4.19. The van der Waals surface area contributed by atoms with Gasteiger partial charge < -0.3 is 10.1 Å². The topological polar surface area (TPSA) is 63.0 Å². The maximum Gasteiger partial charge on any atom is 0.236 e. The fraction of sp³-hybridized carbons (Fsp3) is 0.0952. The summed E-state index contributed by atoms with van der Waals surface area (Å²) in [7, 11) is 0. The second kappa shape index (κ2) is 8.46. The van der Waals surface area contributed by atoms with Crippen LogP contribution in [0.25, 0.3) is 10.8 Å². The fourth-order valence-corrected chi connectivity index (χ4v) is 3.64. The van der Waals surface area contributed by atoms with E-state index in [1.165, 1.54) is 11.8 Å². The first-order chi connectivity index (χ1) is 13.7. The smallest absolute Gasteiger partial charge is 0.236 e. The largest absolute Gasteiger partial charge is 0.488 e. The van der Waals surface area contributed by atoms with Crippen LogP contribution in [0.4, 0.5) is 0 Å². The van der Waals surface area contributed by atoms with E-state index in [0.717, 1.165) is 21.9 Å². The van der Waals surface area contributed by atoms with Crippen LogP contribution < -0.4 is 10.1 Å². The summed E-state index contributed by atoms with van der Waals surface area (Å²) in [5.41, 5.74) is 1.73. The summed E-state index contributed by atoms with van der Waals surface area (Å²) in [6.45, 7) is 0.347. The van der Waals surface area contributed by atoms with Gasteiger partial charge in [0.1, 0.15) is 12.4 Å². The Morgan fingerprint density at radius 2 is 1.93 bits per heavy atom. The highest BCUT2D eigenvalue weighted by Gasteiger charge is 2.16. The van der Waals surface area contributed by atoms with Crippen molar-refractivity contribution in [3.05, 3.63) is 76.8 Å². The van der Waals surface area contributed by atoms with Crippen LogP contribution in [0.5, 0.6) is 5.75 Å². The van der Waals surface area contributed by atoms with Crippen LogP contribution in [0.1, 0.15) is 11.1 Å². The molecule has 1 heterocycles. The van der Waals surface area contributed by atoms with Gasteiger partial charge in [-0.15, -0.1) is 5.10 Å². The molecule has 3 aromatic carbocycles. The second-order valence-electron chi connectivity index (χ2n) is 6.07. The summed E-state index contributed by atoms with van der Waals surface area (Å²) in [5.74, 6) is 0.994. The Morgan fingerprint density at radius 3 is 2.75 bits per heavy atom. The van der Waals surface area contributed by atoms with Crippen molar-refractivity contribution in [1.82, 2.24) is 5.32 Å². The highest BCUT2D eigenvalue weighted by Crippen LogP contribution is 2.28. The van der Waals surface area contributed by atoms with Crippen molar-refractivity contribution in [2.45, 2.75) is 6.61 Å². The van der Waals surface area contributed by atoms with Gasteiger partial charge >= 0.3 is 0 Å². The zero-order chi connectivity index (χ0) is 19.3. The zero-order valence-corrected chi connectivity index (χ0v) is 16.3. The number of hydrogen-bond donors (Lipinski definition) is 1. The van der Waals surface area contributed by atoms with Crippen LogP contribution >= 0.6 is 23.4 Å². The number of rotatable bonds is 5. The Labute approximate surface area is 171 Å². The van der Waals surface area contributed by atoms with E-state index in [1.807, 2.05) is 60.7 Å². The molecule has 28 heavy (non-hydrogen) atoms. The molecule has 1 aliphatic rings. The molecule has 1 saturated heterocycles. The number of nitrogens with zero attached hydrogens (tertiary/aromatic N) is 2. The lowest BCUT2D eigenvalue weighted by Crippen LogP contribution is -2.19. The maximum absolute atomic E-state index is 11.3. The molecule has 0 unspecified atom stereocenters. The average Bonchev–Trinajstić information content (AvgIpc) is 3.13. The number of carbonyl (C=O) groups is 1. The summed E-state index contributed by atoms with van der Waals surface area (Å²) in [5, 5.41) is 14.2. The van der Waals surface area contributed by atoms with Crippen molar-refractivity contribution in [2.24, 2.45) is 10.2 Å². The Morgan fingerprint density at radius 1 is 1.11 bits per heavy atom. The molecule has 0 radical (unpaired) electrons. The summed E-state index contributed by atoms with van der Waals surface area (Å²) in [6.07, 6.45) is 1.66. The third kappa shape index (κ3) is 4.18. The molecule has 1 fully saturated rings. The van der Waals surface area contributed by atoms with Gasteiger partial charge in [-0.25, -0.2) is 0 Å². The maximum atomic E-state index is 11.3. The molecule has 3 aromatic rings. The Kier molecular flexibility index (Phi) is 5.60. The number of halogens is 1. The van der Waals surface area contributed by atoms with E-state index in [2.05, 4.69) is 15.5 Å². The first kappa shape index (κ1) is 18.5. The lowest BCUT2D eigenvalue weighted by Gasteiger charge is -2.12. The minimum Gasteiger partial charge on any atom is -0.488 e. The summed E-state index contributed by atoms with van der Waals surface area (Å²) >= 11 is 7.56.